The fourth-order valence-electron chi connectivity index (χ4n) is 3.70. The van der Waals surface area contributed by atoms with E-state index in [1.54, 1.807) is 12.3 Å². The zero-order valence-electron chi connectivity index (χ0n) is 19.1. The summed E-state index contributed by atoms with van der Waals surface area (Å²) in [6.45, 7) is 5.72. The summed E-state index contributed by atoms with van der Waals surface area (Å²) in [5.74, 6) is -1.40. The van der Waals surface area contributed by atoms with E-state index in [9.17, 15) is 9.90 Å². The average molecular weight is 458 g/mol. The van der Waals surface area contributed by atoms with Crippen LogP contribution >= 0.6 is 11.6 Å². The Bertz CT molecular complexity index is 1190. The number of carbonyl (C=O) groups is 1. The van der Waals surface area contributed by atoms with E-state index in [4.69, 9.17) is 22.2 Å². The third-order valence-electron chi connectivity index (χ3n) is 5.26. The number of hydrogen-bond acceptors (Lipinski definition) is 7. The monoisotopic (exact) mass is 457 g/mol. The Balaban J connectivity index is 1.49. The van der Waals surface area contributed by atoms with Crippen molar-refractivity contribution in [2.75, 3.05) is 5.32 Å². The van der Waals surface area contributed by atoms with Gasteiger partial charge in [0.25, 0.3) is 5.89 Å². The fraction of sp³-hybridized carbons (Fsp3) is 0.391. The first-order valence-electron chi connectivity index (χ1n) is 10.9. The van der Waals surface area contributed by atoms with Crippen LogP contribution < -0.4 is 10.1 Å². The highest BCUT2D eigenvalue weighted by atomic mass is 35.5. The molecule has 4 rings (SSSR count). The molecule has 1 fully saturated rings. The minimum Gasteiger partial charge on any atom is -0.481 e. The Kier molecular flexibility index (Phi) is 5.94. The number of aromatic nitrogens is 3. The van der Waals surface area contributed by atoms with Crippen molar-refractivity contribution in [3.63, 3.8) is 0 Å². The molecule has 3 aromatic rings. The standard InChI is InChI=1S/C23H25ClN4O4/c1-12(2)31-22-19(24)10-15(11-25-22)20-27-21(32-28-20)18-7-6-16(8-13(18)3)26-17-5-4-14(9-17)23(29)30/h6-8,10-12,14,17,26H,4-5,9H2,1-3H3,(H,29,30)/t14-,17+/m1/s1/i14D. The molecule has 32 heavy (non-hydrogen) atoms. The van der Waals surface area contributed by atoms with Gasteiger partial charge in [0.05, 0.1) is 12.0 Å². The van der Waals surface area contributed by atoms with E-state index in [0.717, 1.165) is 16.8 Å². The molecule has 0 aliphatic heterocycles. The van der Waals surface area contributed by atoms with Gasteiger partial charge in [-0.3, -0.25) is 4.79 Å². The maximum Gasteiger partial charge on any atom is 0.306 e. The molecule has 0 amide bonds. The van der Waals surface area contributed by atoms with Crippen molar-refractivity contribution in [3.8, 4) is 28.7 Å². The molecule has 0 bridgehead atoms. The van der Waals surface area contributed by atoms with Gasteiger partial charge in [-0.15, -0.1) is 0 Å². The summed E-state index contributed by atoms with van der Waals surface area (Å²) in [7, 11) is 0. The van der Waals surface area contributed by atoms with Crippen LogP contribution in [0.1, 0.15) is 40.0 Å². The molecule has 0 radical (unpaired) electrons. The van der Waals surface area contributed by atoms with Crippen molar-refractivity contribution < 1.29 is 20.5 Å². The molecule has 8 nitrogen and oxygen atoms in total. The van der Waals surface area contributed by atoms with Gasteiger partial charge in [-0.25, -0.2) is 4.98 Å². The van der Waals surface area contributed by atoms with E-state index in [1.165, 1.54) is 0 Å². The van der Waals surface area contributed by atoms with Crippen LogP contribution in [0.3, 0.4) is 0 Å². The number of ether oxygens (including phenoxy) is 1. The second-order valence-corrected chi connectivity index (χ2v) is 8.53. The molecule has 2 aromatic heterocycles. The van der Waals surface area contributed by atoms with Crippen LogP contribution in [0.2, 0.25) is 5.02 Å². The number of nitrogens with one attached hydrogen (secondary N) is 1. The highest BCUT2D eigenvalue weighted by Gasteiger charge is 2.29. The number of benzene rings is 1. The van der Waals surface area contributed by atoms with E-state index >= 15 is 0 Å². The third-order valence-corrected chi connectivity index (χ3v) is 5.53. The largest absolute Gasteiger partial charge is 0.481 e. The second-order valence-electron chi connectivity index (χ2n) is 8.12. The summed E-state index contributed by atoms with van der Waals surface area (Å²) in [5, 5.41) is 17.0. The first-order chi connectivity index (χ1) is 15.6. The summed E-state index contributed by atoms with van der Waals surface area (Å²) < 4.78 is 19.1. The molecule has 1 aromatic carbocycles. The van der Waals surface area contributed by atoms with Crippen molar-refractivity contribution in [2.45, 2.75) is 52.2 Å². The van der Waals surface area contributed by atoms with Crippen LogP contribution in [0.25, 0.3) is 22.8 Å². The van der Waals surface area contributed by atoms with E-state index in [-0.39, 0.29) is 18.6 Å². The molecule has 2 N–H and O–H groups in total. The molecule has 1 aliphatic carbocycles. The van der Waals surface area contributed by atoms with E-state index in [1.807, 2.05) is 39.0 Å². The molecule has 168 valence electrons. The predicted octanol–water partition coefficient (Wildman–Crippen LogP) is 5.21. The smallest absolute Gasteiger partial charge is 0.306 e. The van der Waals surface area contributed by atoms with Crippen LogP contribution in [-0.2, 0) is 4.79 Å². The van der Waals surface area contributed by atoms with Crippen molar-refractivity contribution in [1.29, 1.82) is 0 Å². The summed E-state index contributed by atoms with van der Waals surface area (Å²) >= 11 is 6.27. The highest BCUT2D eigenvalue weighted by molar-refractivity contribution is 6.32. The van der Waals surface area contributed by atoms with Gasteiger partial charge < -0.3 is 19.7 Å². The molecular formula is C23H25ClN4O4. The molecule has 0 unspecified atom stereocenters. The molecule has 0 saturated heterocycles. The van der Waals surface area contributed by atoms with Crippen molar-refractivity contribution in [1.82, 2.24) is 15.1 Å². The van der Waals surface area contributed by atoms with E-state index in [2.05, 4.69) is 20.4 Å². The topological polar surface area (TPSA) is 110 Å². The Labute approximate surface area is 192 Å². The Morgan fingerprint density at radius 3 is 2.84 bits per heavy atom. The maximum absolute atomic E-state index is 11.3. The number of aryl methyl sites for hydroxylation is 1. The number of anilines is 1. The molecule has 2 heterocycles. The maximum atomic E-state index is 11.3. The molecule has 1 saturated carbocycles. The lowest BCUT2D eigenvalue weighted by molar-refractivity contribution is -0.141. The van der Waals surface area contributed by atoms with Crippen molar-refractivity contribution >= 4 is 23.3 Å². The van der Waals surface area contributed by atoms with Gasteiger partial charge in [-0.1, -0.05) is 16.8 Å². The van der Waals surface area contributed by atoms with Crippen LogP contribution in [0, 0.1) is 12.8 Å². The first kappa shape index (κ1) is 20.8. The highest BCUT2D eigenvalue weighted by Crippen LogP contribution is 2.32. The number of aliphatic carboxylic acids is 1. The molecular weight excluding hydrogens is 432 g/mol. The third kappa shape index (κ3) is 4.85. The van der Waals surface area contributed by atoms with Gasteiger partial charge in [0.15, 0.2) is 0 Å². The Hall–Kier alpha value is -3.13. The van der Waals surface area contributed by atoms with Gasteiger partial charge in [0, 0.05) is 30.4 Å². The van der Waals surface area contributed by atoms with E-state index < -0.39 is 11.9 Å². The van der Waals surface area contributed by atoms with Gasteiger partial charge in [-0.05, 0) is 69.9 Å². The summed E-state index contributed by atoms with van der Waals surface area (Å²) in [6, 6.07) is 7.33. The number of nitrogens with zero attached hydrogens (tertiary/aromatic N) is 3. The molecule has 9 heteroatoms. The Morgan fingerprint density at radius 2 is 2.19 bits per heavy atom. The fourth-order valence-corrected chi connectivity index (χ4v) is 3.92. The van der Waals surface area contributed by atoms with Crippen LogP contribution in [0.15, 0.2) is 35.0 Å². The first-order valence-corrected chi connectivity index (χ1v) is 10.8. The van der Waals surface area contributed by atoms with Crippen LogP contribution in [-0.4, -0.2) is 38.3 Å². The SMILES string of the molecule is [2H][C@@]1(C(=O)O)CC[C@H](Nc2ccc(-c3nc(-c4cnc(OC(C)C)c(Cl)c4)no3)c(C)c2)C1. The summed E-state index contributed by atoms with van der Waals surface area (Å²) in [4.78, 5) is 20.0. The van der Waals surface area contributed by atoms with Gasteiger partial charge >= 0.3 is 5.97 Å². The summed E-state index contributed by atoms with van der Waals surface area (Å²) in [6.07, 6.45) is 2.79. The number of halogens is 1. The van der Waals surface area contributed by atoms with Gasteiger partial charge in [0.2, 0.25) is 11.7 Å². The van der Waals surface area contributed by atoms with Crippen molar-refractivity contribution in [2.24, 2.45) is 5.89 Å². The van der Waals surface area contributed by atoms with Gasteiger partial charge in [-0.2, -0.15) is 4.98 Å². The zero-order chi connectivity index (χ0) is 23.8. The lowest BCUT2D eigenvalue weighted by atomic mass is 10.1. The predicted molar refractivity (Wildman–Crippen MR) is 121 cm³/mol. The van der Waals surface area contributed by atoms with E-state index in [0.29, 0.717) is 41.0 Å². The quantitative estimate of drug-likeness (QED) is 0.497. The molecule has 2 atom stereocenters. The lowest BCUT2D eigenvalue weighted by Crippen LogP contribution is -2.17. The zero-order valence-corrected chi connectivity index (χ0v) is 18.8. The molecule has 0 spiro atoms. The van der Waals surface area contributed by atoms with Crippen molar-refractivity contribution in [3.05, 3.63) is 41.0 Å². The normalized spacial score (nSPS) is 20.9. The number of hydrogen-bond donors (Lipinski definition) is 2. The number of pyridine rings is 1. The van der Waals surface area contributed by atoms with Crippen LogP contribution in [0.4, 0.5) is 5.69 Å². The number of rotatable bonds is 7. The van der Waals surface area contributed by atoms with Crippen LogP contribution in [0.5, 0.6) is 5.88 Å². The second kappa shape index (κ2) is 9.16. The number of carboxylic acid groups (broad SMARTS) is 1. The Morgan fingerprint density at radius 1 is 1.38 bits per heavy atom. The number of carboxylic acids is 1. The lowest BCUT2D eigenvalue weighted by Gasteiger charge is -2.15. The minimum atomic E-state index is -1.41. The minimum absolute atomic E-state index is 0.0431. The summed E-state index contributed by atoms with van der Waals surface area (Å²) in [5.41, 5.74) is 3.17. The van der Waals surface area contributed by atoms with Gasteiger partial charge in [0.1, 0.15) is 5.02 Å². The molecule has 1 aliphatic rings. The average Bonchev–Trinajstić information content (AvgIpc) is 3.37.